The zero-order valence-corrected chi connectivity index (χ0v) is 19.6. The van der Waals surface area contributed by atoms with Crippen molar-refractivity contribution < 1.29 is 22.7 Å². The van der Waals surface area contributed by atoms with Crippen molar-refractivity contribution >= 4 is 27.3 Å². The van der Waals surface area contributed by atoms with Crippen molar-refractivity contribution in [2.75, 3.05) is 44.5 Å². The molecule has 8 nitrogen and oxygen atoms in total. The standard InChI is InChI=1S/C23H31N3O5S/c1-17-8-9-18(14-22(17)32(28,29)26-12-6-4-5-7-13-26)24-16-23(27)25-20-11-10-19(30-2)15-21(20)31-3/h8-11,14-15,24H,4-7,12-13,16H2,1-3H3,(H,25,27). The summed E-state index contributed by atoms with van der Waals surface area (Å²) in [6.45, 7) is 2.86. The molecule has 0 atom stereocenters. The van der Waals surface area contributed by atoms with Crippen molar-refractivity contribution in [3.8, 4) is 11.5 Å². The van der Waals surface area contributed by atoms with Crippen molar-refractivity contribution in [2.45, 2.75) is 37.5 Å². The summed E-state index contributed by atoms with van der Waals surface area (Å²) in [5, 5.41) is 5.81. The molecule has 2 N–H and O–H groups in total. The first kappa shape index (κ1) is 23.9. The summed E-state index contributed by atoms with van der Waals surface area (Å²) in [5.74, 6) is 0.820. The fourth-order valence-corrected chi connectivity index (χ4v) is 5.46. The van der Waals surface area contributed by atoms with Crippen molar-refractivity contribution in [3.63, 3.8) is 0 Å². The summed E-state index contributed by atoms with van der Waals surface area (Å²) < 4.78 is 38.5. The average Bonchev–Trinajstić information content (AvgIpc) is 3.09. The van der Waals surface area contributed by atoms with E-state index in [1.807, 2.05) is 0 Å². The Bertz CT molecular complexity index is 1050. The van der Waals surface area contributed by atoms with Gasteiger partial charge in [0.2, 0.25) is 15.9 Å². The molecule has 32 heavy (non-hydrogen) atoms. The van der Waals surface area contributed by atoms with Gasteiger partial charge in [0.1, 0.15) is 11.5 Å². The lowest BCUT2D eigenvalue weighted by Crippen LogP contribution is -2.32. The number of methoxy groups -OCH3 is 2. The molecule has 1 amide bonds. The van der Waals surface area contributed by atoms with Crippen LogP contribution in [0.4, 0.5) is 11.4 Å². The monoisotopic (exact) mass is 461 g/mol. The van der Waals surface area contributed by atoms with E-state index < -0.39 is 10.0 Å². The van der Waals surface area contributed by atoms with Crippen LogP contribution in [-0.2, 0) is 14.8 Å². The van der Waals surface area contributed by atoms with E-state index in [9.17, 15) is 13.2 Å². The Morgan fingerprint density at radius 2 is 1.72 bits per heavy atom. The van der Waals surface area contributed by atoms with Crippen molar-refractivity contribution in [1.82, 2.24) is 4.31 Å². The summed E-state index contributed by atoms with van der Waals surface area (Å²) in [4.78, 5) is 12.7. The molecule has 0 spiro atoms. The molecular formula is C23H31N3O5S. The third-order valence-electron chi connectivity index (χ3n) is 5.51. The van der Waals surface area contributed by atoms with Crippen molar-refractivity contribution in [2.24, 2.45) is 0 Å². The van der Waals surface area contributed by atoms with E-state index in [-0.39, 0.29) is 17.3 Å². The molecule has 1 aliphatic rings. The molecule has 1 aliphatic heterocycles. The minimum Gasteiger partial charge on any atom is -0.497 e. The van der Waals surface area contributed by atoms with E-state index in [4.69, 9.17) is 9.47 Å². The van der Waals surface area contributed by atoms with Gasteiger partial charge < -0.3 is 20.1 Å². The van der Waals surface area contributed by atoms with Gasteiger partial charge in [0.15, 0.2) is 0 Å². The van der Waals surface area contributed by atoms with Gasteiger partial charge in [-0.05, 0) is 49.6 Å². The predicted octanol–water partition coefficient (Wildman–Crippen LogP) is 3.63. The van der Waals surface area contributed by atoms with Crippen molar-refractivity contribution in [3.05, 3.63) is 42.0 Å². The summed E-state index contributed by atoms with van der Waals surface area (Å²) >= 11 is 0. The molecule has 0 bridgehead atoms. The molecule has 0 radical (unpaired) electrons. The second-order valence-corrected chi connectivity index (χ2v) is 9.67. The number of hydrogen-bond acceptors (Lipinski definition) is 6. The third kappa shape index (κ3) is 5.72. The molecule has 0 aliphatic carbocycles. The molecule has 2 aromatic rings. The van der Waals surface area contributed by atoms with E-state index in [1.54, 1.807) is 54.7 Å². The Hall–Kier alpha value is -2.78. The maximum atomic E-state index is 13.2. The Morgan fingerprint density at radius 1 is 1.00 bits per heavy atom. The number of ether oxygens (including phenoxy) is 2. The molecular weight excluding hydrogens is 430 g/mol. The van der Waals surface area contributed by atoms with E-state index in [1.165, 1.54) is 7.11 Å². The number of sulfonamides is 1. The summed E-state index contributed by atoms with van der Waals surface area (Å²) in [6.07, 6.45) is 3.87. The zero-order valence-electron chi connectivity index (χ0n) is 18.8. The van der Waals surface area contributed by atoms with Gasteiger partial charge in [0.05, 0.1) is 31.3 Å². The number of amides is 1. The van der Waals surface area contributed by atoms with Crippen LogP contribution >= 0.6 is 0 Å². The minimum absolute atomic E-state index is 0.0263. The van der Waals surface area contributed by atoms with E-state index in [2.05, 4.69) is 10.6 Å². The SMILES string of the molecule is COc1ccc(NC(=O)CNc2ccc(C)c(S(=O)(=O)N3CCCCCC3)c2)c(OC)c1. The van der Waals surface area contributed by atoms with Crippen LogP contribution in [-0.4, -0.2) is 52.5 Å². The van der Waals surface area contributed by atoms with Gasteiger partial charge in [0, 0.05) is 24.8 Å². The van der Waals surface area contributed by atoms with E-state index in [0.29, 0.717) is 41.5 Å². The fourth-order valence-electron chi connectivity index (χ4n) is 3.69. The molecule has 174 valence electrons. The summed E-state index contributed by atoms with van der Waals surface area (Å²) in [7, 11) is -0.506. The lowest BCUT2D eigenvalue weighted by molar-refractivity contribution is -0.114. The Balaban J connectivity index is 1.69. The lowest BCUT2D eigenvalue weighted by Gasteiger charge is -2.21. The van der Waals surface area contributed by atoms with Gasteiger partial charge in [-0.15, -0.1) is 0 Å². The van der Waals surface area contributed by atoms with Crippen LogP contribution in [0.5, 0.6) is 11.5 Å². The Labute approximate surface area is 190 Å². The van der Waals surface area contributed by atoms with Gasteiger partial charge in [0.25, 0.3) is 0 Å². The first-order valence-electron chi connectivity index (χ1n) is 10.7. The highest BCUT2D eigenvalue weighted by molar-refractivity contribution is 7.89. The minimum atomic E-state index is -3.58. The number of carbonyl (C=O) groups excluding carboxylic acids is 1. The first-order chi connectivity index (χ1) is 15.3. The molecule has 0 unspecified atom stereocenters. The van der Waals surface area contributed by atoms with Gasteiger partial charge in [-0.2, -0.15) is 4.31 Å². The molecule has 1 fully saturated rings. The summed E-state index contributed by atoms with van der Waals surface area (Å²) in [6, 6.07) is 10.3. The number of aryl methyl sites for hydroxylation is 1. The van der Waals surface area contributed by atoms with Crippen LogP contribution in [0, 0.1) is 6.92 Å². The van der Waals surface area contributed by atoms with E-state index in [0.717, 1.165) is 25.7 Å². The number of anilines is 2. The maximum absolute atomic E-state index is 13.2. The topological polar surface area (TPSA) is 97.0 Å². The molecule has 1 saturated heterocycles. The Morgan fingerprint density at radius 3 is 2.38 bits per heavy atom. The smallest absolute Gasteiger partial charge is 0.243 e. The van der Waals surface area contributed by atoms with Crippen LogP contribution in [0.15, 0.2) is 41.3 Å². The van der Waals surface area contributed by atoms with Crippen LogP contribution in [0.2, 0.25) is 0 Å². The first-order valence-corrected chi connectivity index (χ1v) is 12.2. The number of nitrogens with zero attached hydrogens (tertiary/aromatic N) is 1. The van der Waals surface area contributed by atoms with Gasteiger partial charge in [-0.1, -0.05) is 18.9 Å². The summed E-state index contributed by atoms with van der Waals surface area (Å²) in [5.41, 5.74) is 1.78. The molecule has 0 saturated carbocycles. The number of benzene rings is 2. The molecule has 9 heteroatoms. The second-order valence-electron chi connectivity index (χ2n) is 7.77. The molecule has 0 aromatic heterocycles. The number of carbonyl (C=O) groups is 1. The third-order valence-corrected chi connectivity index (χ3v) is 7.55. The quantitative estimate of drug-likeness (QED) is 0.623. The number of hydrogen-bond donors (Lipinski definition) is 2. The normalized spacial score (nSPS) is 15.0. The molecule has 1 heterocycles. The van der Waals surface area contributed by atoms with Crippen molar-refractivity contribution in [1.29, 1.82) is 0 Å². The van der Waals surface area contributed by atoms with Crippen LogP contribution in [0.1, 0.15) is 31.2 Å². The molecule has 3 rings (SSSR count). The zero-order chi connectivity index (χ0) is 23.1. The lowest BCUT2D eigenvalue weighted by atomic mass is 10.2. The van der Waals surface area contributed by atoms with Crippen LogP contribution < -0.4 is 20.1 Å². The van der Waals surface area contributed by atoms with Gasteiger partial charge >= 0.3 is 0 Å². The largest absolute Gasteiger partial charge is 0.497 e. The molecule has 2 aromatic carbocycles. The number of nitrogens with one attached hydrogen (secondary N) is 2. The highest BCUT2D eigenvalue weighted by Crippen LogP contribution is 2.29. The van der Waals surface area contributed by atoms with E-state index >= 15 is 0 Å². The second kappa shape index (κ2) is 10.7. The van der Waals surface area contributed by atoms with Gasteiger partial charge in [-0.25, -0.2) is 8.42 Å². The average molecular weight is 462 g/mol. The Kier molecular flexibility index (Phi) is 7.98. The number of rotatable bonds is 8. The highest BCUT2D eigenvalue weighted by Gasteiger charge is 2.27. The fraction of sp³-hybridized carbons (Fsp3) is 0.435. The highest BCUT2D eigenvalue weighted by atomic mass is 32.2. The maximum Gasteiger partial charge on any atom is 0.243 e. The van der Waals surface area contributed by atoms with Crippen LogP contribution in [0.25, 0.3) is 0 Å². The predicted molar refractivity (Wildman–Crippen MR) is 125 cm³/mol. The van der Waals surface area contributed by atoms with Crippen LogP contribution in [0.3, 0.4) is 0 Å². The van der Waals surface area contributed by atoms with Gasteiger partial charge in [-0.3, -0.25) is 4.79 Å².